The molecule has 0 radical (unpaired) electrons. The molecule has 1 amide bonds. The summed E-state index contributed by atoms with van der Waals surface area (Å²) in [7, 11) is 0. The second-order valence-electron chi connectivity index (χ2n) is 7.23. The molecule has 2 aromatic carbocycles. The lowest BCUT2D eigenvalue weighted by molar-refractivity contribution is -0.139. The van der Waals surface area contributed by atoms with E-state index in [1.807, 2.05) is 55.5 Å². The number of benzene rings is 2. The third-order valence-corrected chi connectivity index (χ3v) is 4.90. The van der Waals surface area contributed by atoms with Gasteiger partial charge in [0.2, 0.25) is 0 Å². The number of aromatic nitrogens is 1. The number of hydrogen-bond acceptors (Lipinski definition) is 4. The Morgan fingerprint density at radius 1 is 1.10 bits per heavy atom. The smallest absolute Gasteiger partial charge is 0.326 e. The minimum absolute atomic E-state index is 0.321. The molecular weight excluding hydrogens is 392 g/mol. The van der Waals surface area contributed by atoms with E-state index < -0.39 is 17.9 Å². The Balaban J connectivity index is 1.86. The molecule has 0 aliphatic carbocycles. The van der Waals surface area contributed by atoms with Gasteiger partial charge in [-0.2, -0.15) is 0 Å². The van der Waals surface area contributed by atoms with E-state index in [0.717, 1.165) is 29.5 Å². The van der Waals surface area contributed by atoms with E-state index in [1.165, 1.54) is 0 Å². The van der Waals surface area contributed by atoms with Gasteiger partial charge in [0, 0.05) is 11.8 Å². The molecular formula is C25H26N2O4. The Kier molecular flexibility index (Phi) is 7.76. The van der Waals surface area contributed by atoms with Crippen LogP contribution in [0.1, 0.15) is 42.1 Å². The number of ether oxygens (including phenoxy) is 1. The molecule has 0 fully saturated rings. The van der Waals surface area contributed by atoms with Crippen molar-refractivity contribution >= 4 is 11.9 Å². The third-order valence-electron chi connectivity index (χ3n) is 4.90. The van der Waals surface area contributed by atoms with E-state index in [4.69, 9.17) is 4.74 Å². The Bertz CT molecular complexity index is 1010. The number of unbranched alkanes of at least 4 members (excludes halogenated alkanes) is 1. The topological polar surface area (TPSA) is 88.5 Å². The first-order valence-electron chi connectivity index (χ1n) is 10.3. The van der Waals surface area contributed by atoms with Gasteiger partial charge in [-0.15, -0.1) is 0 Å². The van der Waals surface area contributed by atoms with Crippen LogP contribution in [0, 0.1) is 0 Å². The van der Waals surface area contributed by atoms with Crippen molar-refractivity contribution in [1.29, 1.82) is 0 Å². The highest BCUT2D eigenvalue weighted by Gasteiger charge is 2.22. The molecule has 0 spiro atoms. The van der Waals surface area contributed by atoms with Gasteiger partial charge in [0.25, 0.3) is 5.91 Å². The number of hydrogen-bond donors (Lipinski definition) is 2. The van der Waals surface area contributed by atoms with Crippen molar-refractivity contribution in [1.82, 2.24) is 10.3 Å². The fourth-order valence-electron chi connectivity index (χ4n) is 3.24. The number of pyridine rings is 1. The van der Waals surface area contributed by atoms with Gasteiger partial charge in [0.1, 0.15) is 18.4 Å². The monoisotopic (exact) mass is 418 g/mol. The SMILES string of the molecule is CCCC[C@H](NC(=O)c1ccc(COc2cccnc2)cc1-c1ccccc1)C(=O)O. The minimum Gasteiger partial charge on any atom is -0.487 e. The van der Waals surface area contributed by atoms with Gasteiger partial charge in [-0.3, -0.25) is 9.78 Å². The summed E-state index contributed by atoms with van der Waals surface area (Å²) >= 11 is 0. The van der Waals surface area contributed by atoms with Gasteiger partial charge >= 0.3 is 5.97 Å². The van der Waals surface area contributed by atoms with Crippen molar-refractivity contribution in [3.63, 3.8) is 0 Å². The molecule has 3 aromatic rings. The number of aliphatic carboxylic acids is 1. The summed E-state index contributed by atoms with van der Waals surface area (Å²) in [5.41, 5.74) is 2.92. The second-order valence-corrected chi connectivity index (χ2v) is 7.23. The largest absolute Gasteiger partial charge is 0.487 e. The molecule has 0 unspecified atom stereocenters. The number of carboxylic acids is 1. The average molecular weight is 418 g/mol. The molecule has 0 aliphatic heterocycles. The lowest BCUT2D eigenvalue weighted by Crippen LogP contribution is -2.40. The highest BCUT2D eigenvalue weighted by atomic mass is 16.5. The van der Waals surface area contributed by atoms with Crippen molar-refractivity contribution in [2.75, 3.05) is 0 Å². The molecule has 0 aliphatic rings. The summed E-state index contributed by atoms with van der Waals surface area (Å²) < 4.78 is 5.78. The Hall–Kier alpha value is -3.67. The molecule has 0 bridgehead atoms. The summed E-state index contributed by atoms with van der Waals surface area (Å²) in [6.45, 7) is 2.31. The van der Waals surface area contributed by atoms with Crippen LogP contribution in [0.15, 0.2) is 73.1 Å². The maximum atomic E-state index is 13.0. The van der Waals surface area contributed by atoms with E-state index in [0.29, 0.717) is 24.3 Å². The van der Waals surface area contributed by atoms with E-state index in [1.54, 1.807) is 24.5 Å². The van der Waals surface area contributed by atoms with Gasteiger partial charge in [-0.1, -0.05) is 56.2 Å². The van der Waals surface area contributed by atoms with E-state index in [9.17, 15) is 14.7 Å². The quantitative estimate of drug-likeness (QED) is 0.498. The summed E-state index contributed by atoms with van der Waals surface area (Å²) in [5.74, 6) is -0.766. The standard InChI is InChI=1S/C25H26N2O4/c1-2-3-11-23(25(29)30)27-24(28)21-13-12-18(17-31-20-10-7-14-26-16-20)15-22(21)19-8-5-4-6-9-19/h4-10,12-16,23H,2-3,11,17H2,1H3,(H,27,28)(H,29,30)/t23-/m0/s1. The van der Waals surface area contributed by atoms with Crippen LogP contribution in [-0.2, 0) is 11.4 Å². The van der Waals surface area contributed by atoms with Crippen molar-refractivity contribution < 1.29 is 19.4 Å². The van der Waals surface area contributed by atoms with Crippen molar-refractivity contribution in [2.24, 2.45) is 0 Å². The zero-order valence-corrected chi connectivity index (χ0v) is 17.5. The first kappa shape index (κ1) is 22.0. The number of rotatable bonds is 10. The average Bonchev–Trinajstić information content (AvgIpc) is 2.81. The molecule has 0 saturated carbocycles. The fraction of sp³-hybridized carbons (Fsp3) is 0.240. The van der Waals surface area contributed by atoms with Gasteiger partial charge in [0.15, 0.2) is 0 Å². The fourth-order valence-corrected chi connectivity index (χ4v) is 3.24. The molecule has 1 heterocycles. The molecule has 1 aromatic heterocycles. The van der Waals surface area contributed by atoms with Gasteiger partial charge in [0.05, 0.1) is 6.20 Å². The van der Waals surface area contributed by atoms with Crippen molar-refractivity contribution in [3.8, 4) is 16.9 Å². The van der Waals surface area contributed by atoms with Crippen LogP contribution in [0.3, 0.4) is 0 Å². The molecule has 6 heteroatoms. The summed E-state index contributed by atoms with van der Waals surface area (Å²) in [6, 6.07) is 17.7. The first-order chi connectivity index (χ1) is 15.1. The lowest BCUT2D eigenvalue weighted by atomic mass is 9.96. The highest BCUT2D eigenvalue weighted by Crippen LogP contribution is 2.26. The van der Waals surface area contributed by atoms with E-state index >= 15 is 0 Å². The van der Waals surface area contributed by atoms with Crippen LogP contribution in [0.25, 0.3) is 11.1 Å². The molecule has 6 nitrogen and oxygen atoms in total. The van der Waals surface area contributed by atoms with E-state index in [2.05, 4.69) is 10.3 Å². The van der Waals surface area contributed by atoms with Crippen LogP contribution < -0.4 is 10.1 Å². The lowest BCUT2D eigenvalue weighted by Gasteiger charge is -2.17. The third kappa shape index (κ3) is 6.15. The van der Waals surface area contributed by atoms with Gasteiger partial charge < -0.3 is 15.2 Å². The van der Waals surface area contributed by atoms with Crippen LogP contribution in [0.5, 0.6) is 5.75 Å². The Labute approximate surface area is 181 Å². The molecule has 160 valence electrons. The van der Waals surface area contributed by atoms with Crippen LogP contribution >= 0.6 is 0 Å². The number of nitrogens with zero attached hydrogens (tertiary/aromatic N) is 1. The molecule has 2 N–H and O–H groups in total. The molecule has 31 heavy (non-hydrogen) atoms. The predicted molar refractivity (Wildman–Crippen MR) is 119 cm³/mol. The molecule has 3 rings (SSSR count). The van der Waals surface area contributed by atoms with Crippen molar-refractivity contribution in [3.05, 3.63) is 84.2 Å². The van der Waals surface area contributed by atoms with Crippen LogP contribution in [-0.4, -0.2) is 28.0 Å². The maximum Gasteiger partial charge on any atom is 0.326 e. The Morgan fingerprint density at radius 2 is 1.90 bits per heavy atom. The van der Waals surface area contributed by atoms with Crippen LogP contribution in [0.2, 0.25) is 0 Å². The predicted octanol–water partition coefficient (Wildman–Crippen LogP) is 4.70. The number of nitrogens with one attached hydrogen (secondary N) is 1. The summed E-state index contributed by atoms with van der Waals surface area (Å²) in [5, 5.41) is 12.1. The van der Waals surface area contributed by atoms with Crippen LogP contribution in [0.4, 0.5) is 0 Å². The highest BCUT2D eigenvalue weighted by molar-refractivity contribution is 6.02. The van der Waals surface area contributed by atoms with Gasteiger partial charge in [-0.05, 0) is 47.4 Å². The number of carbonyl (C=O) groups excluding carboxylic acids is 1. The number of carboxylic acid groups (broad SMARTS) is 1. The first-order valence-corrected chi connectivity index (χ1v) is 10.3. The molecule has 1 atom stereocenters. The van der Waals surface area contributed by atoms with E-state index in [-0.39, 0.29) is 0 Å². The molecule has 0 saturated heterocycles. The summed E-state index contributed by atoms with van der Waals surface area (Å²) in [4.78, 5) is 28.6. The minimum atomic E-state index is -1.02. The summed E-state index contributed by atoms with van der Waals surface area (Å²) in [6.07, 6.45) is 5.31. The normalized spacial score (nSPS) is 11.5. The maximum absolute atomic E-state index is 13.0. The van der Waals surface area contributed by atoms with Crippen molar-refractivity contribution in [2.45, 2.75) is 38.8 Å². The zero-order valence-electron chi connectivity index (χ0n) is 17.5. The number of carbonyl (C=O) groups is 2. The second kappa shape index (κ2) is 10.9. The number of amides is 1. The van der Waals surface area contributed by atoms with Gasteiger partial charge in [-0.25, -0.2) is 4.79 Å². The Morgan fingerprint density at radius 3 is 2.58 bits per heavy atom. The zero-order chi connectivity index (χ0) is 22.1.